The maximum absolute atomic E-state index is 6.15. The fraction of sp³-hybridized carbons (Fsp3) is 0.571. The highest BCUT2D eigenvalue weighted by molar-refractivity contribution is 6.42. The zero-order chi connectivity index (χ0) is 13.8. The van der Waals surface area contributed by atoms with E-state index < -0.39 is 0 Å². The van der Waals surface area contributed by atoms with Gasteiger partial charge in [0, 0.05) is 19.6 Å². The summed E-state index contributed by atoms with van der Waals surface area (Å²) in [4.78, 5) is 2.20. The van der Waals surface area contributed by atoms with Crippen LogP contribution < -0.4 is 5.32 Å². The van der Waals surface area contributed by atoms with Crippen molar-refractivity contribution in [1.29, 1.82) is 0 Å². The van der Waals surface area contributed by atoms with Crippen molar-refractivity contribution in [2.45, 2.75) is 20.4 Å². The van der Waals surface area contributed by atoms with Gasteiger partial charge < -0.3 is 10.2 Å². The molecule has 0 saturated carbocycles. The third-order valence-corrected chi connectivity index (χ3v) is 3.55. The molecule has 2 nitrogen and oxygen atoms in total. The van der Waals surface area contributed by atoms with Gasteiger partial charge in [0.05, 0.1) is 10.0 Å². The van der Waals surface area contributed by atoms with E-state index in [-0.39, 0.29) is 5.41 Å². The molecule has 18 heavy (non-hydrogen) atoms. The molecule has 1 N–H and O–H groups in total. The third-order valence-electron chi connectivity index (χ3n) is 2.69. The second-order valence-corrected chi connectivity index (χ2v) is 6.50. The molecular formula is C14H22Cl2N2. The lowest BCUT2D eigenvalue weighted by Crippen LogP contribution is -2.37. The second-order valence-electron chi connectivity index (χ2n) is 5.72. The summed E-state index contributed by atoms with van der Waals surface area (Å²) in [5.74, 6) is 0. The molecule has 0 spiro atoms. The van der Waals surface area contributed by atoms with Gasteiger partial charge in [-0.1, -0.05) is 49.2 Å². The summed E-state index contributed by atoms with van der Waals surface area (Å²) in [5, 5.41) is 4.71. The van der Waals surface area contributed by atoms with Gasteiger partial charge in [-0.25, -0.2) is 0 Å². The average Bonchev–Trinajstić information content (AvgIpc) is 2.22. The first-order chi connectivity index (χ1) is 8.32. The quantitative estimate of drug-likeness (QED) is 0.859. The first kappa shape index (κ1) is 15.8. The first-order valence-electron chi connectivity index (χ1n) is 6.10. The number of nitrogens with zero attached hydrogens (tertiary/aromatic N) is 1. The summed E-state index contributed by atoms with van der Waals surface area (Å²) < 4.78 is 0. The Kier molecular flexibility index (Phi) is 5.93. The number of hydrogen-bond acceptors (Lipinski definition) is 2. The molecular weight excluding hydrogens is 267 g/mol. The van der Waals surface area contributed by atoms with Crippen LogP contribution >= 0.6 is 23.2 Å². The minimum Gasteiger partial charge on any atom is -0.312 e. The van der Waals surface area contributed by atoms with Crippen LogP contribution in [0.4, 0.5) is 0 Å². The molecule has 0 radical (unpaired) electrons. The van der Waals surface area contributed by atoms with E-state index in [0.29, 0.717) is 10.0 Å². The van der Waals surface area contributed by atoms with Gasteiger partial charge in [0.15, 0.2) is 0 Å². The summed E-state index contributed by atoms with van der Waals surface area (Å²) in [6.45, 7) is 7.23. The zero-order valence-corrected chi connectivity index (χ0v) is 13.1. The van der Waals surface area contributed by atoms with E-state index in [1.807, 2.05) is 18.2 Å². The Balaban J connectivity index is 2.49. The van der Waals surface area contributed by atoms with Crippen molar-refractivity contribution in [3.8, 4) is 0 Å². The lowest BCUT2D eigenvalue weighted by atomic mass is 9.93. The second kappa shape index (κ2) is 6.76. The third kappa shape index (κ3) is 5.15. The summed E-state index contributed by atoms with van der Waals surface area (Å²) in [5.41, 5.74) is 1.28. The van der Waals surface area contributed by atoms with Gasteiger partial charge in [0.1, 0.15) is 0 Å². The molecule has 0 aromatic heterocycles. The van der Waals surface area contributed by atoms with Gasteiger partial charge in [-0.3, -0.25) is 0 Å². The Hall–Kier alpha value is -0.280. The first-order valence-corrected chi connectivity index (χ1v) is 6.86. The van der Waals surface area contributed by atoms with Gasteiger partial charge in [0.2, 0.25) is 0 Å². The molecule has 0 amide bonds. The maximum atomic E-state index is 6.15. The van der Waals surface area contributed by atoms with E-state index in [4.69, 9.17) is 23.2 Å². The smallest absolute Gasteiger partial charge is 0.0637 e. The van der Waals surface area contributed by atoms with Crippen LogP contribution in [0.25, 0.3) is 0 Å². The van der Waals surface area contributed by atoms with Crippen LogP contribution in [0, 0.1) is 5.41 Å². The number of nitrogens with one attached hydrogen (secondary N) is 1. The van der Waals surface area contributed by atoms with Crippen LogP contribution in [-0.4, -0.2) is 32.1 Å². The van der Waals surface area contributed by atoms with E-state index in [1.54, 1.807) is 0 Å². The molecule has 0 bridgehead atoms. The van der Waals surface area contributed by atoms with Crippen LogP contribution in [-0.2, 0) is 6.54 Å². The predicted octanol–water partition coefficient (Wildman–Crippen LogP) is 3.67. The van der Waals surface area contributed by atoms with Crippen molar-refractivity contribution in [2.75, 3.05) is 27.2 Å². The highest BCUT2D eigenvalue weighted by atomic mass is 35.5. The van der Waals surface area contributed by atoms with Crippen molar-refractivity contribution in [3.63, 3.8) is 0 Å². The summed E-state index contributed by atoms with van der Waals surface area (Å²) in [6, 6.07) is 5.74. The molecule has 0 aliphatic heterocycles. The minimum absolute atomic E-state index is 0.231. The largest absolute Gasteiger partial charge is 0.312 e. The van der Waals surface area contributed by atoms with Gasteiger partial charge in [-0.2, -0.15) is 0 Å². The molecule has 4 heteroatoms. The molecule has 0 atom stereocenters. The highest BCUT2D eigenvalue weighted by Gasteiger charge is 2.18. The molecule has 1 aromatic carbocycles. The number of benzene rings is 1. The average molecular weight is 289 g/mol. The molecule has 0 aliphatic rings. The van der Waals surface area contributed by atoms with Crippen LogP contribution in [0.15, 0.2) is 18.2 Å². The molecule has 102 valence electrons. The predicted molar refractivity (Wildman–Crippen MR) is 80.5 cm³/mol. The van der Waals surface area contributed by atoms with Crippen molar-refractivity contribution < 1.29 is 0 Å². The standard InChI is InChI=1S/C14H22Cl2N2/c1-14(2,10-18(3)4)9-17-8-11-6-5-7-12(15)13(11)16/h5-7,17H,8-10H2,1-4H3. The van der Waals surface area contributed by atoms with Gasteiger partial charge >= 0.3 is 0 Å². The molecule has 0 heterocycles. The fourth-order valence-electron chi connectivity index (χ4n) is 2.13. The van der Waals surface area contributed by atoms with E-state index >= 15 is 0 Å². The lowest BCUT2D eigenvalue weighted by Gasteiger charge is -2.28. The Morgan fingerprint density at radius 2 is 1.89 bits per heavy atom. The summed E-state index contributed by atoms with van der Waals surface area (Å²) in [7, 11) is 4.19. The topological polar surface area (TPSA) is 15.3 Å². The van der Waals surface area contributed by atoms with Crippen molar-refractivity contribution >= 4 is 23.2 Å². The lowest BCUT2D eigenvalue weighted by molar-refractivity contribution is 0.232. The number of rotatable bonds is 6. The number of hydrogen-bond donors (Lipinski definition) is 1. The van der Waals surface area contributed by atoms with E-state index in [1.165, 1.54) is 0 Å². The van der Waals surface area contributed by atoms with E-state index in [9.17, 15) is 0 Å². The molecule has 1 rings (SSSR count). The highest BCUT2D eigenvalue weighted by Crippen LogP contribution is 2.25. The normalized spacial score (nSPS) is 12.2. The fourth-order valence-corrected chi connectivity index (χ4v) is 2.52. The SMILES string of the molecule is CN(C)CC(C)(C)CNCc1cccc(Cl)c1Cl. The Labute approximate surface area is 120 Å². The molecule has 0 fully saturated rings. The van der Waals surface area contributed by atoms with Crippen molar-refractivity contribution in [3.05, 3.63) is 33.8 Å². The zero-order valence-electron chi connectivity index (χ0n) is 11.6. The van der Waals surface area contributed by atoms with Crippen LogP contribution in [0.2, 0.25) is 10.0 Å². The molecule has 0 unspecified atom stereocenters. The van der Waals surface area contributed by atoms with Gasteiger partial charge in [0.25, 0.3) is 0 Å². The van der Waals surface area contributed by atoms with Crippen molar-refractivity contribution in [1.82, 2.24) is 10.2 Å². The van der Waals surface area contributed by atoms with E-state index in [0.717, 1.165) is 25.2 Å². The summed E-state index contributed by atoms with van der Waals surface area (Å²) >= 11 is 12.1. The van der Waals surface area contributed by atoms with Gasteiger partial charge in [-0.05, 0) is 31.1 Å². The van der Waals surface area contributed by atoms with E-state index in [2.05, 4.69) is 38.2 Å². The van der Waals surface area contributed by atoms with Crippen LogP contribution in [0.1, 0.15) is 19.4 Å². The molecule has 1 aromatic rings. The minimum atomic E-state index is 0.231. The van der Waals surface area contributed by atoms with Crippen LogP contribution in [0.5, 0.6) is 0 Å². The van der Waals surface area contributed by atoms with Gasteiger partial charge in [-0.15, -0.1) is 0 Å². The Morgan fingerprint density at radius 1 is 1.22 bits per heavy atom. The molecule has 0 saturated heterocycles. The molecule has 0 aliphatic carbocycles. The summed E-state index contributed by atoms with van der Waals surface area (Å²) in [6.07, 6.45) is 0. The number of halogens is 2. The van der Waals surface area contributed by atoms with Crippen molar-refractivity contribution in [2.24, 2.45) is 5.41 Å². The monoisotopic (exact) mass is 288 g/mol. The Morgan fingerprint density at radius 3 is 2.50 bits per heavy atom. The Bertz CT molecular complexity index is 389. The maximum Gasteiger partial charge on any atom is 0.0637 e. The van der Waals surface area contributed by atoms with Crippen LogP contribution in [0.3, 0.4) is 0 Å².